The van der Waals surface area contributed by atoms with Crippen LogP contribution in [0.4, 0.5) is 4.79 Å². The molecule has 7 nitrogen and oxygen atoms in total. The van der Waals surface area contributed by atoms with Crippen LogP contribution in [-0.4, -0.2) is 74.7 Å². The zero-order chi connectivity index (χ0) is 17.4. The number of benzene rings is 1. The Balaban J connectivity index is 1.63. The molecule has 1 aliphatic rings. The summed E-state index contributed by atoms with van der Waals surface area (Å²) in [5, 5.41) is 5.24. The maximum Gasteiger partial charge on any atom is 0.321 e. The molecule has 24 heavy (non-hydrogen) atoms. The Morgan fingerprint density at radius 3 is 2.50 bits per heavy atom. The third kappa shape index (κ3) is 5.99. The van der Waals surface area contributed by atoms with Gasteiger partial charge in [0.15, 0.2) is 0 Å². The number of hydrogen-bond acceptors (Lipinski definition) is 5. The van der Waals surface area contributed by atoms with Crippen LogP contribution in [0.15, 0.2) is 24.3 Å². The molecule has 0 saturated carbocycles. The number of ether oxygens (including phenoxy) is 1. The van der Waals surface area contributed by atoms with Crippen LogP contribution in [-0.2, 0) is 4.79 Å². The highest BCUT2D eigenvalue weighted by Gasteiger charge is 2.19. The van der Waals surface area contributed by atoms with E-state index in [4.69, 9.17) is 16.3 Å². The Morgan fingerprint density at radius 2 is 1.83 bits per heavy atom. The van der Waals surface area contributed by atoms with E-state index in [1.807, 2.05) is 23.1 Å². The van der Waals surface area contributed by atoms with E-state index in [9.17, 15) is 9.59 Å². The summed E-state index contributed by atoms with van der Waals surface area (Å²) in [5.74, 6) is 0.411. The molecule has 2 N–H and O–H groups in total. The summed E-state index contributed by atoms with van der Waals surface area (Å²) in [7, 11) is 1.48. The lowest BCUT2D eigenvalue weighted by atomic mass is 10.3. The van der Waals surface area contributed by atoms with E-state index in [1.165, 1.54) is 7.05 Å². The molecule has 0 radical (unpaired) electrons. The van der Waals surface area contributed by atoms with Crippen LogP contribution >= 0.6 is 11.6 Å². The summed E-state index contributed by atoms with van der Waals surface area (Å²) >= 11 is 6.05. The van der Waals surface area contributed by atoms with Gasteiger partial charge in [-0.2, -0.15) is 0 Å². The molecule has 1 heterocycles. The molecule has 2 rings (SSSR count). The number of rotatable bonds is 6. The maximum atomic E-state index is 11.7. The highest BCUT2D eigenvalue weighted by atomic mass is 35.5. The van der Waals surface area contributed by atoms with Crippen molar-refractivity contribution in [2.24, 2.45) is 0 Å². The Hall–Kier alpha value is -1.83. The van der Waals surface area contributed by atoms with Crippen LogP contribution < -0.4 is 15.4 Å². The summed E-state index contributed by atoms with van der Waals surface area (Å²) < 4.78 is 5.69. The number of para-hydroxylation sites is 1. The molecule has 3 amide bonds. The lowest BCUT2D eigenvalue weighted by Crippen LogP contribution is -2.51. The van der Waals surface area contributed by atoms with Crippen molar-refractivity contribution >= 4 is 23.5 Å². The number of carbonyl (C=O) groups is 2. The van der Waals surface area contributed by atoms with Gasteiger partial charge < -0.3 is 10.1 Å². The first-order chi connectivity index (χ1) is 11.6. The minimum absolute atomic E-state index is 0.234. The molecule has 8 heteroatoms. The number of urea groups is 1. The Morgan fingerprint density at radius 1 is 1.17 bits per heavy atom. The first-order valence-corrected chi connectivity index (χ1v) is 8.30. The van der Waals surface area contributed by atoms with Crippen molar-refractivity contribution in [1.29, 1.82) is 0 Å². The largest absolute Gasteiger partial charge is 0.491 e. The molecule has 1 fully saturated rings. The van der Waals surface area contributed by atoms with Gasteiger partial charge in [-0.25, -0.2) is 4.79 Å². The summed E-state index contributed by atoms with van der Waals surface area (Å²) in [6, 6.07) is 6.94. The van der Waals surface area contributed by atoms with Crippen LogP contribution in [0.5, 0.6) is 5.75 Å². The average Bonchev–Trinajstić information content (AvgIpc) is 2.58. The number of carbonyl (C=O) groups excluding carboxylic acids is 2. The lowest BCUT2D eigenvalue weighted by molar-refractivity contribution is -0.121. The Labute approximate surface area is 146 Å². The van der Waals surface area contributed by atoms with E-state index in [-0.39, 0.29) is 12.5 Å². The van der Waals surface area contributed by atoms with Gasteiger partial charge in [-0.1, -0.05) is 23.7 Å². The number of nitrogens with one attached hydrogen (secondary N) is 2. The molecule has 0 aliphatic carbocycles. The molecule has 0 unspecified atom stereocenters. The van der Waals surface area contributed by atoms with Crippen molar-refractivity contribution in [2.75, 3.05) is 52.9 Å². The summed E-state index contributed by atoms with van der Waals surface area (Å²) in [6.45, 7) is 4.90. The summed E-state index contributed by atoms with van der Waals surface area (Å²) in [6.07, 6.45) is 0. The van der Waals surface area contributed by atoms with E-state index in [1.54, 1.807) is 6.07 Å². The highest BCUT2D eigenvalue weighted by molar-refractivity contribution is 6.32. The zero-order valence-corrected chi connectivity index (χ0v) is 14.5. The predicted octanol–water partition coefficient (Wildman–Crippen LogP) is 0.792. The van der Waals surface area contributed by atoms with Gasteiger partial charge in [0, 0.05) is 39.8 Å². The topological polar surface area (TPSA) is 73.9 Å². The highest BCUT2D eigenvalue weighted by Crippen LogP contribution is 2.22. The molecule has 0 spiro atoms. The number of halogens is 1. The Kier molecular flexibility index (Phi) is 7.30. The summed E-state index contributed by atoms with van der Waals surface area (Å²) in [4.78, 5) is 27.1. The summed E-state index contributed by atoms with van der Waals surface area (Å²) in [5.41, 5.74) is 0. The van der Waals surface area contributed by atoms with Crippen molar-refractivity contribution in [3.05, 3.63) is 29.3 Å². The van der Waals surface area contributed by atoms with Crippen LogP contribution in [0.3, 0.4) is 0 Å². The van der Waals surface area contributed by atoms with Gasteiger partial charge in [0.05, 0.1) is 11.6 Å². The second-order valence-electron chi connectivity index (χ2n) is 5.52. The van der Waals surface area contributed by atoms with Gasteiger partial charge in [0.25, 0.3) is 0 Å². The first-order valence-electron chi connectivity index (χ1n) is 7.92. The normalized spacial score (nSPS) is 15.8. The molecular formula is C16H23ClN4O3. The molecule has 0 bridgehead atoms. The van der Waals surface area contributed by atoms with Crippen LogP contribution in [0.25, 0.3) is 0 Å². The number of imide groups is 1. The fraction of sp³-hybridized carbons (Fsp3) is 0.500. The molecule has 1 aromatic rings. The first kappa shape index (κ1) is 18.5. The second-order valence-corrected chi connectivity index (χ2v) is 5.93. The van der Waals surface area contributed by atoms with E-state index in [2.05, 4.69) is 15.5 Å². The van der Waals surface area contributed by atoms with Crippen LogP contribution in [0, 0.1) is 0 Å². The average molecular weight is 355 g/mol. The second kappa shape index (κ2) is 9.46. The van der Waals surface area contributed by atoms with Crippen molar-refractivity contribution in [3.8, 4) is 5.75 Å². The molecule has 1 aliphatic heterocycles. The van der Waals surface area contributed by atoms with Crippen LogP contribution in [0.1, 0.15) is 0 Å². The minimum atomic E-state index is -0.477. The molecular weight excluding hydrogens is 332 g/mol. The van der Waals surface area contributed by atoms with E-state index in [0.29, 0.717) is 17.4 Å². The van der Waals surface area contributed by atoms with Gasteiger partial charge in [0.2, 0.25) is 5.91 Å². The molecule has 132 valence electrons. The van der Waals surface area contributed by atoms with Crippen molar-refractivity contribution < 1.29 is 14.3 Å². The minimum Gasteiger partial charge on any atom is -0.491 e. The fourth-order valence-electron chi connectivity index (χ4n) is 2.45. The van der Waals surface area contributed by atoms with Gasteiger partial charge in [0.1, 0.15) is 12.4 Å². The van der Waals surface area contributed by atoms with E-state index >= 15 is 0 Å². The number of piperazine rings is 1. The Bertz CT molecular complexity index is 562. The molecule has 1 aromatic carbocycles. The van der Waals surface area contributed by atoms with Gasteiger partial charge in [-0.3, -0.25) is 19.9 Å². The molecule has 0 aromatic heterocycles. The van der Waals surface area contributed by atoms with E-state index < -0.39 is 6.03 Å². The quantitative estimate of drug-likeness (QED) is 0.790. The van der Waals surface area contributed by atoms with Gasteiger partial charge >= 0.3 is 6.03 Å². The zero-order valence-electron chi connectivity index (χ0n) is 13.8. The van der Waals surface area contributed by atoms with Crippen molar-refractivity contribution in [2.45, 2.75) is 0 Å². The smallest absolute Gasteiger partial charge is 0.321 e. The molecule has 0 atom stereocenters. The third-order valence-corrected chi connectivity index (χ3v) is 4.13. The SMILES string of the molecule is CNC(=O)NC(=O)CN1CCN(CCOc2ccccc2Cl)CC1. The monoisotopic (exact) mass is 354 g/mol. The standard InChI is InChI=1S/C16H23ClN4O3/c1-18-16(23)19-15(22)12-21-8-6-20(7-9-21)10-11-24-14-5-3-2-4-13(14)17/h2-5H,6-12H2,1H3,(H2,18,19,22,23). The number of hydrogen-bond donors (Lipinski definition) is 2. The molecule has 1 saturated heterocycles. The predicted molar refractivity (Wildman–Crippen MR) is 92.4 cm³/mol. The van der Waals surface area contributed by atoms with Crippen LogP contribution in [0.2, 0.25) is 5.02 Å². The number of nitrogens with zero attached hydrogens (tertiary/aromatic N) is 2. The van der Waals surface area contributed by atoms with Gasteiger partial charge in [-0.05, 0) is 12.1 Å². The maximum absolute atomic E-state index is 11.7. The van der Waals surface area contributed by atoms with E-state index in [0.717, 1.165) is 32.7 Å². The van der Waals surface area contributed by atoms with Crippen molar-refractivity contribution in [3.63, 3.8) is 0 Å². The fourth-order valence-corrected chi connectivity index (χ4v) is 2.64. The van der Waals surface area contributed by atoms with Gasteiger partial charge in [-0.15, -0.1) is 0 Å². The lowest BCUT2D eigenvalue weighted by Gasteiger charge is -2.34. The number of amides is 3. The third-order valence-electron chi connectivity index (χ3n) is 3.81. The van der Waals surface area contributed by atoms with Crippen molar-refractivity contribution in [1.82, 2.24) is 20.4 Å².